The Morgan fingerprint density at radius 3 is 2.58 bits per heavy atom. The summed E-state index contributed by atoms with van der Waals surface area (Å²) in [5.74, 6) is 0.885. The van der Waals surface area contributed by atoms with Crippen LogP contribution in [0.3, 0.4) is 0 Å². The maximum atomic E-state index is 6.24. The number of nitrogens with zero attached hydrogens (tertiary/aromatic N) is 1. The molecule has 0 fully saturated rings. The van der Waals surface area contributed by atoms with E-state index < -0.39 is 0 Å². The van der Waals surface area contributed by atoms with Crippen LogP contribution in [0.4, 0.5) is 0 Å². The van der Waals surface area contributed by atoms with Crippen LogP contribution in [0.2, 0.25) is 0 Å². The number of ether oxygens (including phenoxy) is 1. The molecule has 2 rings (SSSR count). The fraction of sp³-hybridized carbons (Fsp3) is 0.312. The molecular formula is C16H20N2O. The minimum atomic E-state index is 0.0378. The first-order valence-corrected chi connectivity index (χ1v) is 6.49. The molecule has 0 bridgehead atoms. The first-order chi connectivity index (χ1) is 9.20. The predicted molar refractivity (Wildman–Crippen MR) is 77.2 cm³/mol. The Hall–Kier alpha value is -1.87. The largest absolute Gasteiger partial charge is 0.497 e. The summed E-state index contributed by atoms with van der Waals surface area (Å²) < 4.78 is 5.15. The highest BCUT2D eigenvalue weighted by atomic mass is 16.5. The van der Waals surface area contributed by atoms with Gasteiger partial charge in [-0.2, -0.15) is 0 Å². The topological polar surface area (TPSA) is 48.1 Å². The lowest BCUT2D eigenvalue weighted by molar-refractivity contribution is 0.414. The van der Waals surface area contributed by atoms with E-state index >= 15 is 0 Å². The van der Waals surface area contributed by atoms with Crippen LogP contribution < -0.4 is 10.5 Å². The number of hydrogen-bond donors (Lipinski definition) is 1. The second-order valence-electron chi connectivity index (χ2n) is 4.73. The number of aryl methyl sites for hydroxylation is 2. The van der Waals surface area contributed by atoms with Gasteiger partial charge >= 0.3 is 0 Å². The minimum Gasteiger partial charge on any atom is -0.497 e. The van der Waals surface area contributed by atoms with Gasteiger partial charge in [-0.25, -0.2) is 0 Å². The Bertz CT molecular complexity index is 523. The van der Waals surface area contributed by atoms with Gasteiger partial charge in [0.25, 0.3) is 0 Å². The quantitative estimate of drug-likeness (QED) is 0.894. The Balaban J connectivity index is 1.96. The summed E-state index contributed by atoms with van der Waals surface area (Å²) in [6, 6.07) is 10.2. The number of nitrogens with two attached hydrogens (primary N) is 1. The average Bonchev–Trinajstić information content (AvgIpc) is 2.46. The zero-order valence-corrected chi connectivity index (χ0v) is 11.5. The molecule has 0 amide bonds. The van der Waals surface area contributed by atoms with E-state index in [1.807, 2.05) is 24.4 Å². The summed E-state index contributed by atoms with van der Waals surface area (Å²) in [5.41, 5.74) is 9.85. The first kappa shape index (κ1) is 13.6. The Morgan fingerprint density at radius 2 is 1.95 bits per heavy atom. The van der Waals surface area contributed by atoms with E-state index in [2.05, 4.69) is 24.0 Å². The lowest BCUT2D eigenvalue weighted by Gasteiger charge is -2.14. The van der Waals surface area contributed by atoms with Crippen molar-refractivity contribution in [3.63, 3.8) is 0 Å². The van der Waals surface area contributed by atoms with Crippen LogP contribution in [0.15, 0.2) is 42.7 Å². The molecule has 100 valence electrons. The number of methoxy groups -OCH3 is 1. The van der Waals surface area contributed by atoms with Crippen molar-refractivity contribution in [1.82, 2.24) is 4.98 Å². The highest BCUT2D eigenvalue weighted by Gasteiger charge is 2.09. The summed E-state index contributed by atoms with van der Waals surface area (Å²) in [5, 5.41) is 0. The van der Waals surface area contributed by atoms with Crippen LogP contribution >= 0.6 is 0 Å². The maximum absolute atomic E-state index is 6.24. The van der Waals surface area contributed by atoms with Crippen molar-refractivity contribution >= 4 is 0 Å². The van der Waals surface area contributed by atoms with Gasteiger partial charge in [-0.05, 0) is 54.7 Å². The lowest BCUT2D eigenvalue weighted by atomic mass is 9.98. The number of hydrogen-bond acceptors (Lipinski definition) is 3. The van der Waals surface area contributed by atoms with Crippen LogP contribution in [0.1, 0.15) is 29.2 Å². The molecule has 0 saturated carbocycles. The number of pyridine rings is 1. The summed E-state index contributed by atoms with van der Waals surface area (Å²) >= 11 is 0. The summed E-state index contributed by atoms with van der Waals surface area (Å²) in [7, 11) is 1.68. The van der Waals surface area contributed by atoms with E-state index in [4.69, 9.17) is 10.5 Å². The van der Waals surface area contributed by atoms with Gasteiger partial charge in [-0.1, -0.05) is 12.1 Å². The molecule has 1 aromatic carbocycles. The van der Waals surface area contributed by atoms with Gasteiger partial charge in [-0.15, -0.1) is 0 Å². The molecule has 3 nitrogen and oxygen atoms in total. The second-order valence-corrected chi connectivity index (χ2v) is 4.73. The van der Waals surface area contributed by atoms with Gasteiger partial charge in [0.05, 0.1) is 7.11 Å². The van der Waals surface area contributed by atoms with Gasteiger partial charge in [0.2, 0.25) is 0 Å². The third kappa shape index (κ3) is 3.55. The molecule has 0 aliphatic heterocycles. The molecule has 3 heteroatoms. The smallest absolute Gasteiger partial charge is 0.118 e. The molecule has 0 spiro atoms. The fourth-order valence-electron chi connectivity index (χ4n) is 2.13. The molecule has 2 aromatic rings. The van der Waals surface area contributed by atoms with E-state index in [0.717, 1.165) is 24.2 Å². The van der Waals surface area contributed by atoms with Crippen molar-refractivity contribution < 1.29 is 4.74 Å². The van der Waals surface area contributed by atoms with Crippen LogP contribution in [-0.2, 0) is 6.42 Å². The molecule has 1 unspecified atom stereocenters. The van der Waals surface area contributed by atoms with Crippen LogP contribution in [0.5, 0.6) is 5.75 Å². The highest BCUT2D eigenvalue weighted by Crippen LogP contribution is 2.20. The molecule has 1 atom stereocenters. The molecule has 1 heterocycles. The molecule has 19 heavy (non-hydrogen) atoms. The van der Waals surface area contributed by atoms with Gasteiger partial charge in [0.15, 0.2) is 0 Å². The first-order valence-electron chi connectivity index (χ1n) is 6.49. The summed E-state index contributed by atoms with van der Waals surface area (Å²) in [6.45, 7) is 2.07. The Labute approximate surface area is 114 Å². The van der Waals surface area contributed by atoms with E-state index in [1.165, 1.54) is 11.1 Å². The van der Waals surface area contributed by atoms with Gasteiger partial charge in [-0.3, -0.25) is 4.98 Å². The van der Waals surface area contributed by atoms with Crippen molar-refractivity contribution in [3.05, 3.63) is 59.4 Å². The molecule has 0 aliphatic rings. The lowest BCUT2D eigenvalue weighted by Crippen LogP contribution is -2.13. The molecule has 0 radical (unpaired) electrons. The standard InChI is InChI=1S/C16H20N2O/c1-12-9-10-18-11-15(12)16(17)8-5-13-3-6-14(19-2)7-4-13/h3-4,6-7,9-11,16H,5,8,17H2,1-2H3. The van der Waals surface area contributed by atoms with Crippen molar-refractivity contribution in [1.29, 1.82) is 0 Å². The van der Waals surface area contributed by atoms with Gasteiger partial charge in [0.1, 0.15) is 5.75 Å². The monoisotopic (exact) mass is 256 g/mol. The van der Waals surface area contributed by atoms with Crippen molar-refractivity contribution in [3.8, 4) is 5.75 Å². The third-order valence-corrected chi connectivity index (χ3v) is 3.38. The molecule has 0 saturated heterocycles. The third-order valence-electron chi connectivity index (χ3n) is 3.38. The second kappa shape index (κ2) is 6.34. The maximum Gasteiger partial charge on any atom is 0.118 e. The van der Waals surface area contributed by atoms with Gasteiger partial charge in [0, 0.05) is 18.4 Å². The number of aromatic nitrogens is 1. The van der Waals surface area contributed by atoms with Crippen molar-refractivity contribution in [2.24, 2.45) is 5.73 Å². The van der Waals surface area contributed by atoms with Crippen LogP contribution in [-0.4, -0.2) is 12.1 Å². The van der Waals surface area contributed by atoms with E-state index in [0.29, 0.717) is 0 Å². The molecule has 0 aliphatic carbocycles. The van der Waals surface area contributed by atoms with E-state index in [1.54, 1.807) is 13.3 Å². The Kier molecular flexibility index (Phi) is 4.53. The zero-order valence-electron chi connectivity index (χ0n) is 11.5. The minimum absolute atomic E-state index is 0.0378. The van der Waals surface area contributed by atoms with Gasteiger partial charge < -0.3 is 10.5 Å². The highest BCUT2D eigenvalue weighted by molar-refractivity contribution is 5.28. The normalized spacial score (nSPS) is 12.2. The van der Waals surface area contributed by atoms with Crippen molar-refractivity contribution in [2.75, 3.05) is 7.11 Å². The van der Waals surface area contributed by atoms with Crippen molar-refractivity contribution in [2.45, 2.75) is 25.8 Å². The molecular weight excluding hydrogens is 236 g/mol. The predicted octanol–water partition coefficient (Wildman–Crippen LogP) is 3.03. The average molecular weight is 256 g/mol. The van der Waals surface area contributed by atoms with E-state index in [-0.39, 0.29) is 6.04 Å². The number of benzene rings is 1. The molecule has 1 aromatic heterocycles. The fourth-order valence-corrected chi connectivity index (χ4v) is 2.13. The summed E-state index contributed by atoms with van der Waals surface area (Å²) in [4.78, 5) is 4.15. The number of rotatable bonds is 5. The van der Waals surface area contributed by atoms with E-state index in [9.17, 15) is 0 Å². The Morgan fingerprint density at radius 1 is 1.21 bits per heavy atom. The van der Waals surface area contributed by atoms with Crippen LogP contribution in [0, 0.1) is 6.92 Å². The SMILES string of the molecule is COc1ccc(CCC(N)c2cnccc2C)cc1. The summed E-state index contributed by atoms with van der Waals surface area (Å²) in [6.07, 6.45) is 5.54. The molecule has 2 N–H and O–H groups in total. The zero-order chi connectivity index (χ0) is 13.7. The van der Waals surface area contributed by atoms with Crippen LogP contribution in [0.25, 0.3) is 0 Å².